The van der Waals surface area contributed by atoms with Gasteiger partial charge in [-0.3, -0.25) is 9.59 Å². The van der Waals surface area contributed by atoms with Gasteiger partial charge in [-0.1, -0.05) is 39.8 Å². The summed E-state index contributed by atoms with van der Waals surface area (Å²) in [7, 11) is 0. The van der Waals surface area contributed by atoms with Crippen LogP contribution in [0.3, 0.4) is 0 Å². The highest BCUT2D eigenvalue weighted by Gasteiger charge is 2.32. The van der Waals surface area contributed by atoms with E-state index >= 15 is 0 Å². The number of thioether (sulfide) groups is 1. The summed E-state index contributed by atoms with van der Waals surface area (Å²) < 4.78 is 0.976. The lowest BCUT2D eigenvalue weighted by Crippen LogP contribution is -2.26. The van der Waals surface area contributed by atoms with Crippen LogP contribution in [0.25, 0.3) is 0 Å². The summed E-state index contributed by atoms with van der Waals surface area (Å²) in [5, 5.41) is 18.6. The van der Waals surface area contributed by atoms with Crippen LogP contribution in [-0.2, 0) is 9.59 Å². The molecule has 110 valence electrons. The first-order chi connectivity index (χ1) is 9.95. The van der Waals surface area contributed by atoms with E-state index in [-0.39, 0.29) is 12.3 Å². The Bertz CT molecular complexity index is 646. The van der Waals surface area contributed by atoms with Gasteiger partial charge in [-0.05, 0) is 24.1 Å². The number of halogens is 1. The van der Waals surface area contributed by atoms with Crippen LogP contribution in [0, 0.1) is 6.92 Å². The first kappa shape index (κ1) is 15.7. The number of nitrogens with zero attached hydrogens (tertiary/aromatic N) is 2. The van der Waals surface area contributed by atoms with Gasteiger partial charge in [0.25, 0.3) is 0 Å². The highest BCUT2D eigenvalue weighted by molar-refractivity contribution is 9.10. The van der Waals surface area contributed by atoms with Gasteiger partial charge < -0.3 is 10.4 Å². The van der Waals surface area contributed by atoms with E-state index in [0.717, 1.165) is 27.4 Å². The van der Waals surface area contributed by atoms with Gasteiger partial charge in [0.2, 0.25) is 5.91 Å². The van der Waals surface area contributed by atoms with Crippen molar-refractivity contribution in [3.8, 4) is 0 Å². The predicted octanol–water partition coefficient (Wildman–Crippen LogP) is 2.15. The van der Waals surface area contributed by atoms with E-state index in [1.54, 1.807) is 6.21 Å². The molecule has 0 radical (unpaired) electrons. The Hall–Kier alpha value is -1.67. The number of hydrogen-bond acceptors (Lipinski definition) is 5. The number of rotatable bonds is 4. The number of carbonyl (C=O) groups excluding carboxylic acids is 1. The van der Waals surface area contributed by atoms with Crippen molar-refractivity contribution in [1.82, 2.24) is 5.32 Å². The van der Waals surface area contributed by atoms with E-state index in [9.17, 15) is 9.59 Å². The van der Waals surface area contributed by atoms with Gasteiger partial charge in [0.15, 0.2) is 5.17 Å². The second-order valence-corrected chi connectivity index (χ2v) is 6.40. The van der Waals surface area contributed by atoms with Crippen LogP contribution < -0.4 is 5.32 Å². The lowest BCUT2D eigenvalue weighted by atomic mass is 10.2. The number of carboxylic acid groups (broad SMARTS) is 1. The van der Waals surface area contributed by atoms with Crippen LogP contribution >= 0.6 is 27.7 Å². The van der Waals surface area contributed by atoms with Crippen LogP contribution in [0.2, 0.25) is 0 Å². The molecule has 0 aliphatic carbocycles. The molecule has 0 bridgehead atoms. The fourth-order valence-corrected chi connectivity index (χ4v) is 2.89. The van der Waals surface area contributed by atoms with Crippen molar-refractivity contribution < 1.29 is 14.7 Å². The SMILES string of the molecule is Cc1ccc(C=NN=C2NC(=O)C(CC(=O)O)S2)cc1Br. The van der Waals surface area contributed by atoms with Crippen molar-refractivity contribution in [2.75, 3.05) is 0 Å². The third-order valence-electron chi connectivity index (χ3n) is 2.69. The van der Waals surface area contributed by atoms with E-state index in [0.29, 0.717) is 5.17 Å². The number of benzene rings is 1. The summed E-state index contributed by atoms with van der Waals surface area (Å²) in [6, 6.07) is 5.76. The van der Waals surface area contributed by atoms with Gasteiger partial charge in [-0.15, -0.1) is 5.10 Å². The maximum atomic E-state index is 11.5. The predicted molar refractivity (Wildman–Crippen MR) is 85.7 cm³/mol. The largest absolute Gasteiger partial charge is 0.481 e. The second kappa shape index (κ2) is 6.86. The minimum atomic E-state index is -1.02. The van der Waals surface area contributed by atoms with Crippen molar-refractivity contribution in [3.63, 3.8) is 0 Å². The van der Waals surface area contributed by atoms with Crippen LogP contribution in [0.1, 0.15) is 17.5 Å². The molecule has 1 unspecified atom stereocenters. The molecule has 6 nitrogen and oxygen atoms in total. The Morgan fingerprint density at radius 1 is 1.57 bits per heavy atom. The monoisotopic (exact) mass is 369 g/mol. The van der Waals surface area contributed by atoms with Crippen LogP contribution in [-0.4, -0.2) is 33.6 Å². The first-order valence-electron chi connectivity index (χ1n) is 6.02. The van der Waals surface area contributed by atoms with Crippen molar-refractivity contribution in [3.05, 3.63) is 33.8 Å². The van der Waals surface area contributed by atoms with Crippen LogP contribution in [0.5, 0.6) is 0 Å². The molecule has 2 rings (SSSR count). The Balaban J connectivity index is 2.01. The molecule has 0 spiro atoms. The third-order valence-corrected chi connectivity index (χ3v) is 4.61. The summed E-state index contributed by atoms with van der Waals surface area (Å²) in [5.41, 5.74) is 1.99. The molecular weight excluding hydrogens is 358 g/mol. The van der Waals surface area contributed by atoms with Crippen molar-refractivity contribution >= 4 is 51.0 Å². The molecule has 1 aliphatic rings. The van der Waals surface area contributed by atoms with Gasteiger partial charge in [0.1, 0.15) is 5.25 Å². The van der Waals surface area contributed by atoms with Crippen molar-refractivity contribution in [2.24, 2.45) is 10.2 Å². The van der Waals surface area contributed by atoms with Gasteiger partial charge in [0, 0.05) is 4.47 Å². The highest BCUT2D eigenvalue weighted by Crippen LogP contribution is 2.22. The number of nitrogens with one attached hydrogen (secondary N) is 1. The lowest BCUT2D eigenvalue weighted by Gasteiger charge is -1.98. The Labute approximate surface area is 133 Å². The zero-order valence-corrected chi connectivity index (χ0v) is 13.4. The normalized spacial score (nSPS) is 20.2. The number of amidine groups is 1. The summed E-state index contributed by atoms with van der Waals surface area (Å²) in [5.74, 6) is -1.37. The molecular formula is C13H12BrN3O3S. The van der Waals surface area contributed by atoms with Gasteiger partial charge in [-0.25, -0.2) is 0 Å². The summed E-state index contributed by atoms with van der Waals surface area (Å²) in [4.78, 5) is 22.1. The smallest absolute Gasteiger partial charge is 0.305 e. The summed E-state index contributed by atoms with van der Waals surface area (Å²) in [6.45, 7) is 1.98. The van der Waals surface area contributed by atoms with Gasteiger partial charge in [0.05, 0.1) is 12.6 Å². The molecule has 1 aliphatic heterocycles. The number of aliphatic carboxylic acids is 1. The molecule has 1 aromatic carbocycles. The topological polar surface area (TPSA) is 91.1 Å². The highest BCUT2D eigenvalue weighted by atomic mass is 79.9. The summed E-state index contributed by atoms with van der Waals surface area (Å²) in [6.07, 6.45) is 1.33. The molecule has 8 heteroatoms. The maximum absolute atomic E-state index is 11.5. The van der Waals surface area contributed by atoms with E-state index in [1.165, 1.54) is 0 Å². The van der Waals surface area contributed by atoms with E-state index in [4.69, 9.17) is 5.11 Å². The number of amides is 1. The van der Waals surface area contributed by atoms with E-state index in [2.05, 4.69) is 31.4 Å². The third kappa shape index (κ3) is 4.40. The number of aryl methyl sites for hydroxylation is 1. The number of hydrogen-bond donors (Lipinski definition) is 2. The minimum absolute atomic E-state index is 0.232. The molecule has 0 saturated carbocycles. The average Bonchev–Trinajstić information content (AvgIpc) is 2.73. The maximum Gasteiger partial charge on any atom is 0.305 e. The first-order valence-corrected chi connectivity index (χ1v) is 7.69. The lowest BCUT2D eigenvalue weighted by molar-refractivity contribution is -0.138. The fraction of sp³-hybridized carbons (Fsp3) is 0.231. The Kier molecular flexibility index (Phi) is 5.13. The quantitative estimate of drug-likeness (QED) is 0.628. The zero-order valence-electron chi connectivity index (χ0n) is 11.0. The Morgan fingerprint density at radius 3 is 3.00 bits per heavy atom. The fourth-order valence-electron chi connectivity index (χ4n) is 1.58. The van der Waals surface area contributed by atoms with E-state index < -0.39 is 11.2 Å². The molecule has 1 atom stereocenters. The molecule has 1 amide bonds. The molecule has 1 saturated heterocycles. The van der Waals surface area contributed by atoms with Crippen LogP contribution in [0.4, 0.5) is 0 Å². The molecule has 2 N–H and O–H groups in total. The average molecular weight is 370 g/mol. The Morgan fingerprint density at radius 2 is 2.33 bits per heavy atom. The van der Waals surface area contributed by atoms with Crippen LogP contribution in [0.15, 0.2) is 32.9 Å². The van der Waals surface area contributed by atoms with Gasteiger partial charge >= 0.3 is 5.97 Å². The molecule has 0 aromatic heterocycles. The number of carbonyl (C=O) groups is 2. The molecule has 1 heterocycles. The standard InChI is InChI=1S/C13H12BrN3O3S/c1-7-2-3-8(4-9(7)14)6-15-17-13-16-12(20)10(21-13)5-11(18)19/h2-4,6,10H,5H2,1H3,(H,18,19)(H,16,17,20). The molecule has 21 heavy (non-hydrogen) atoms. The summed E-state index contributed by atoms with van der Waals surface area (Å²) >= 11 is 4.50. The van der Waals surface area contributed by atoms with Crippen molar-refractivity contribution in [2.45, 2.75) is 18.6 Å². The second-order valence-electron chi connectivity index (χ2n) is 4.35. The molecule has 1 aromatic rings. The molecule has 1 fully saturated rings. The van der Waals surface area contributed by atoms with Crippen molar-refractivity contribution in [1.29, 1.82) is 0 Å². The zero-order chi connectivity index (χ0) is 15.4. The van der Waals surface area contributed by atoms with Gasteiger partial charge in [-0.2, -0.15) is 5.10 Å². The minimum Gasteiger partial charge on any atom is -0.481 e. The number of carboxylic acids is 1. The van der Waals surface area contributed by atoms with E-state index in [1.807, 2.05) is 25.1 Å².